The van der Waals surface area contributed by atoms with Gasteiger partial charge in [0.15, 0.2) is 14.1 Å². The molecule has 0 saturated carbocycles. The zero-order valence-corrected chi connectivity index (χ0v) is 41.3. The Labute approximate surface area is 381 Å². The largest absolute Gasteiger partial charge is 0.417 e. The van der Waals surface area contributed by atoms with Crippen molar-refractivity contribution in [3.8, 4) is 0 Å². The van der Waals surface area contributed by atoms with Crippen molar-refractivity contribution >= 4 is 8.32 Å². The third-order valence-electron chi connectivity index (χ3n) is 17.4. The van der Waals surface area contributed by atoms with Crippen LogP contribution in [0.15, 0.2) is 54.6 Å². The highest BCUT2D eigenvalue weighted by Crippen LogP contribution is 2.54. The van der Waals surface area contributed by atoms with Crippen LogP contribution in [-0.2, 0) is 48.7 Å². The number of fused-ring (bicyclic) bond motifs is 1. The monoisotopic (exact) mass is 891 g/mol. The summed E-state index contributed by atoms with van der Waals surface area (Å²) in [7, 11) is -1.82. The second-order valence-electron chi connectivity index (χ2n) is 23.0. The molecule has 0 radical (unpaired) electrons. The van der Waals surface area contributed by atoms with Gasteiger partial charge in [0.25, 0.3) is 0 Å². The molecular formula is C53H82O9Si. The third-order valence-corrected chi connectivity index (χ3v) is 21.9. The summed E-state index contributed by atoms with van der Waals surface area (Å²) >= 11 is 0. The molecule has 0 amide bonds. The normalized spacial score (nSPS) is 44.0. The molecule has 0 spiro atoms. The Morgan fingerprint density at radius 2 is 1.52 bits per heavy atom. The first kappa shape index (κ1) is 46.7. The van der Waals surface area contributed by atoms with Crippen LogP contribution in [0.1, 0.15) is 131 Å². The Balaban J connectivity index is 0.789. The molecule has 3 unspecified atom stereocenters. The quantitative estimate of drug-likeness (QED) is 0.119. The Hall–Kier alpha value is -1.44. The van der Waals surface area contributed by atoms with Gasteiger partial charge in [-0.15, -0.1) is 0 Å². The molecule has 19 atom stereocenters. The van der Waals surface area contributed by atoms with Crippen molar-refractivity contribution in [3.63, 3.8) is 0 Å². The molecule has 9 saturated heterocycles. The summed E-state index contributed by atoms with van der Waals surface area (Å²) in [5, 5.41) is 0.203. The first-order valence-corrected chi connectivity index (χ1v) is 28.2. The standard InChI is InChI=1S/C53H82O9Si/c1-12-37-18-21-42-47(57-37)51-50-49(59-42)48-46(60-50)29-53(61-48,62-51)23-22-39-26-33(4)41(55-39)20-19-38-25-32(3)34(5)44(56-38)28-45-40(27-36-16-14-13-15-17-36)35(6)43(58-45)24-31(2)30-54-63(10,11)52(7,8)9/h13-17,31-32,35,37-51H,4-5,12,18-30H2,1-3,6-11H3/t31-,32+,35+,37-,38-,39-,40+,41?,42-,43+,44?,45-,46?,47-,48-,49-,50+,51-,53-/m0/s1. The molecule has 0 N–H and O–H groups in total. The second-order valence-corrected chi connectivity index (χ2v) is 27.8. The number of rotatable bonds is 16. The smallest absolute Gasteiger partial charge is 0.191 e. The van der Waals surface area contributed by atoms with Gasteiger partial charge in [0.1, 0.15) is 30.5 Å². The number of ether oxygens (including phenoxy) is 8. The van der Waals surface area contributed by atoms with Crippen LogP contribution in [0, 0.1) is 23.7 Å². The Morgan fingerprint density at radius 1 is 0.794 bits per heavy atom. The van der Waals surface area contributed by atoms with Gasteiger partial charge in [-0.25, -0.2) is 0 Å². The maximum absolute atomic E-state index is 7.14. The van der Waals surface area contributed by atoms with E-state index < -0.39 is 14.1 Å². The van der Waals surface area contributed by atoms with E-state index in [2.05, 4.69) is 105 Å². The predicted molar refractivity (Wildman–Crippen MR) is 248 cm³/mol. The highest BCUT2D eigenvalue weighted by molar-refractivity contribution is 6.74. The Kier molecular flexibility index (Phi) is 13.8. The van der Waals surface area contributed by atoms with Gasteiger partial charge in [-0.2, -0.15) is 0 Å². The molecule has 0 aliphatic carbocycles. The van der Waals surface area contributed by atoms with Crippen molar-refractivity contribution in [3.05, 3.63) is 60.2 Å². The minimum absolute atomic E-state index is 0.0122. The van der Waals surface area contributed by atoms with Crippen molar-refractivity contribution in [2.45, 2.75) is 241 Å². The molecule has 6 bridgehead atoms. The lowest BCUT2D eigenvalue weighted by Gasteiger charge is -2.47. The number of hydrogen-bond donors (Lipinski definition) is 0. The van der Waals surface area contributed by atoms with E-state index in [1.165, 1.54) is 16.7 Å². The minimum atomic E-state index is -1.82. The molecule has 352 valence electrons. The summed E-state index contributed by atoms with van der Waals surface area (Å²) < 4.78 is 61.3. The molecule has 10 rings (SSSR count). The summed E-state index contributed by atoms with van der Waals surface area (Å²) in [5.41, 5.74) is 3.79. The van der Waals surface area contributed by atoms with Crippen LogP contribution in [-0.4, -0.2) is 106 Å². The van der Waals surface area contributed by atoms with E-state index in [4.69, 9.17) is 42.3 Å². The van der Waals surface area contributed by atoms with Gasteiger partial charge < -0.3 is 42.3 Å². The van der Waals surface area contributed by atoms with Crippen LogP contribution in [0.25, 0.3) is 0 Å². The van der Waals surface area contributed by atoms with E-state index in [1.807, 2.05) is 0 Å². The first-order chi connectivity index (χ1) is 30.0. The van der Waals surface area contributed by atoms with Crippen molar-refractivity contribution in [2.24, 2.45) is 23.7 Å². The lowest BCUT2D eigenvalue weighted by Crippen LogP contribution is -2.61. The molecule has 9 aliphatic rings. The molecule has 9 fully saturated rings. The zero-order chi connectivity index (χ0) is 44.4. The van der Waals surface area contributed by atoms with E-state index in [1.54, 1.807) is 0 Å². The van der Waals surface area contributed by atoms with Gasteiger partial charge in [0.05, 0.1) is 54.9 Å². The topological polar surface area (TPSA) is 83.1 Å². The van der Waals surface area contributed by atoms with Gasteiger partial charge in [-0.05, 0) is 123 Å². The van der Waals surface area contributed by atoms with Gasteiger partial charge in [0, 0.05) is 25.9 Å². The van der Waals surface area contributed by atoms with Gasteiger partial charge in [-0.3, -0.25) is 0 Å². The molecule has 1 aromatic carbocycles. The molecule has 63 heavy (non-hydrogen) atoms. The highest BCUT2D eigenvalue weighted by atomic mass is 28.4. The molecule has 9 aliphatic heterocycles. The predicted octanol–water partition coefficient (Wildman–Crippen LogP) is 10.7. The summed E-state index contributed by atoms with van der Waals surface area (Å²) in [6.45, 7) is 30.9. The average Bonchev–Trinajstić information content (AvgIpc) is 3.92. The Bertz CT molecular complexity index is 1750. The first-order valence-electron chi connectivity index (χ1n) is 25.3. The fourth-order valence-corrected chi connectivity index (χ4v) is 13.5. The Morgan fingerprint density at radius 3 is 2.29 bits per heavy atom. The maximum Gasteiger partial charge on any atom is 0.191 e. The SMILES string of the molecule is C=C1C[C@H](CC[C@@]23CC4O[C@H]5[C@@H](O2)[C@H]2O[C@@H](CC)CC[C@@H]2O[C@H]5[C@H]4O3)OC1CC[C@H]1C[C@@H](C)C(=C)C(C[C@@H]2O[C@H](C[C@H](C)CO[Si](C)(C)C(C)(C)C)[C@H](C)[C@H]2Cc2ccccc2)O1. The summed E-state index contributed by atoms with van der Waals surface area (Å²) in [6, 6.07) is 11.0. The molecule has 0 aromatic heterocycles. The van der Waals surface area contributed by atoms with Crippen LogP contribution in [0.5, 0.6) is 0 Å². The van der Waals surface area contributed by atoms with Crippen molar-refractivity contribution < 1.29 is 42.3 Å². The number of benzene rings is 1. The van der Waals surface area contributed by atoms with E-state index in [-0.39, 0.29) is 90.5 Å². The minimum Gasteiger partial charge on any atom is -0.417 e. The third kappa shape index (κ3) is 9.67. The fraction of sp³-hybridized carbons (Fsp3) is 0.811. The van der Waals surface area contributed by atoms with E-state index in [0.717, 1.165) is 90.1 Å². The fourth-order valence-electron chi connectivity index (χ4n) is 12.4. The average molecular weight is 891 g/mol. The summed E-state index contributed by atoms with van der Waals surface area (Å²) in [6.07, 6.45) is 12.3. The van der Waals surface area contributed by atoms with Gasteiger partial charge in [0.2, 0.25) is 0 Å². The molecular weight excluding hydrogens is 809 g/mol. The van der Waals surface area contributed by atoms with Crippen molar-refractivity contribution in [1.29, 1.82) is 0 Å². The molecule has 9 heterocycles. The lowest BCUT2D eigenvalue weighted by atomic mass is 9.78. The van der Waals surface area contributed by atoms with Crippen molar-refractivity contribution in [1.82, 2.24) is 0 Å². The molecule has 9 nitrogen and oxygen atoms in total. The maximum atomic E-state index is 7.14. The van der Waals surface area contributed by atoms with E-state index >= 15 is 0 Å². The van der Waals surface area contributed by atoms with Gasteiger partial charge >= 0.3 is 0 Å². The second kappa shape index (κ2) is 18.6. The highest BCUT2D eigenvalue weighted by Gasteiger charge is 2.68. The number of hydrogen-bond acceptors (Lipinski definition) is 9. The van der Waals surface area contributed by atoms with Crippen LogP contribution < -0.4 is 0 Å². The van der Waals surface area contributed by atoms with Crippen LogP contribution in [0.2, 0.25) is 18.1 Å². The van der Waals surface area contributed by atoms with Crippen LogP contribution in [0.3, 0.4) is 0 Å². The molecule has 10 heteroatoms. The van der Waals surface area contributed by atoms with Crippen LogP contribution in [0.4, 0.5) is 0 Å². The summed E-state index contributed by atoms with van der Waals surface area (Å²) in [5.74, 6) is 0.973. The van der Waals surface area contributed by atoms with Crippen molar-refractivity contribution in [2.75, 3.05) is 6.61 Å². The molecule has 1 aromatic rings. The summed E-state index contributed by atoms with van der Waals surface area (Å²) in [4.78, 5) is 0. The van der Waals surface area contributed by atoms with Gasteiger partial charge in [-0.1, -0.05) is 92.0 Å². The van der Waals surface area contributed by atoms with E-state index in [0.29, 0.717) is 23.7 Å². The van der Waals surface area contributed by atoms with Crippen LogP contribution >= 0.6 is 0 Å². The van der Waals surface area contributed by atoms with E-state index in [9.17, 15) is 0 Å². The lowest BCUT2D eigenvalue weighted by molar-refractivity contribution is -0.292. The zero-order valence-electron chi connectivity index (χ0n) is 40.3.